The molecular formula is C13H15BrO3. The molecule has 0 heterocycles. The van der Waals surface area contributed by atoms with Crippen molar-refractivity contribution in [2.24, 2.45) is 0 Å². The van der Waals surface area contributed by atoms with Crippen molar-refractivity contribution in [3.05, 3.63) is 34.9 Å². The molecule has 92 valence electrons. The quantitative estimate of drug-likeness (QED) is 0.618. The van der Waals surface area contributed by atoms with Crippen molar-refractivity contribution in [1.29, 1.82) is 0 Å². The second kappa shape index (κ2) is 6.55. The van der Waals surface area contributed by atoms with Gasteiger partial charge in [-0.2, -0.15) is 0 Å². The maximum absolute atomic E-state index is 11.4. The van der Waals surface area contributed by atoms with E-state index >= 15 is 0 Å². The summed E-state index contributed by atoms with van der Waals surface area (Å²) < 4.78 is 4.66. The van der Waals surface area contributed by atoms with Gasteiger partial charge in [0, 0.05) is 6.42 Å². The van der Waals surface area contributed by atoms with Crippen molar-refractivity contribution in [2.45, 2.75) is 19.8 Å². The van der Waals surface area contributed by atoms with Crippen molar-refractivity contribution < 1.29 is 14.3 Å². The molecule has 0 radical (unpaired) electrons. The van der Waals surface area contributed by atoms with E-state index < -0.39 is 0 Å². The molecule has 0 aliphatic heterocycles. The number of methoxy groups -OCH3 is 1. The van der Waals surface area contributed by atoms with E-state index in [1.807, 2.05) is 25.1 Å². The number of aryl methyl sites for hydroxylation is 1. The van der Waals surface area contributed by atoms with Crippen molar-refractivity contribution in [1.82, 2.24) is 0 Å². The highest BCUT2D eigenvalue weighted by Gasteiger charge is 2.12. The number of benzene rings is 1. The standard InChI is InChI=1S/C13H15BrO3/c1-9-4-3-5-10(6-11(15)8-14)12(9)7-13(16)17-2/h3-5H,6-8H2,1-2H3. The van der Waals surface area contributed by atoms with Crippen LogP contribution in [-0.4, -0.2) is 24.2 Å². The topological polar surface area (TPSA) is 43.4 Å². The lowest BCUT2D eigenvalue weighted by Gasteiger charge is -2.10. The zero-order valence-corrected chi connectivity index (χ0v) is 11.5. The lowest BCUT2D eigenvalue weighted by molar-refractivity contribution is -0.139. The van der Waals surface area contributed by atoms with Gasteiger partial charge in [0.1, 0.15) is 5.78 Å². The van der Waals surface area contributed by atoms with E-state index in [4.69, 9.17) is 0 Å². The minimum Gasteiger partial charge on any atom is -0.469 e. The Hall–Kier alpha value is -1.16. The summed E-state index contributed by atoms with van der Waals surface area (Å²) in [6.45, 7) is 1.93. The van der Waals surface area contributed by atoms with Crippen LogP contribution in [0.1, 0.15) is 16.7 Å². The maximum atomic E-state index is 11.4. The lowest BCUT2D eigenvalue weighted by atomic mass is 9.96. The van der Waals surface area contributed by atoms with Gasteiger partial charge in [-0.1, -0.05) is 34.1 Å². The van der Waals surface area contributed by atoms with Crippen LogP contribution in [0.5, 0.6) is 0 Å². The molecule has 17 heavy (non-hydrogen) atoms. The second-order valence-corrected chi connectivity index (χ2v) is 4.38. The molecule has 0 aliphatic carbocycles. The van der Waals surface area contributed by atoms with Gasteiger partial charge in [-0.05, 0) is 23.6 Å². The second-order valence-electron chi connectivity index (χ2n) is 3.81. The third-order valence-corrected chi connectivity index (χ3v) is 3.22. The Labute approximate surface area is 109 Å². The summed E-state index contributed by atoms with van der Waals surface area (Å²) in [6, 6.07) is 5.71. The first-order valence-electron chi connectivity index (χ1n) is 5.30. The largest absolute Gasteiger partial charge is 0.469 e. The molecule has 0 aliphatic rings. The molecule has 0 unspecified atom stereocenters. The van der Waals surface area contributed by atoms with Gasteiger partial charge in [-0.25, -0.2) is 0 Å². The van der Waals surface area contributed by atoms with E-state index in [0.29, 0.717) is 11.8 Å². The summed E-state index contributed by atoms with van der Waals surface area (Å²) in [4.78, 5) is 22.8. The third kappa shape index (κ3) is 3.97. The highest BCUT2D eigenvalue weighted by molar-refractivity contribution is 9.09. The van der Waals surface area contributed by atoms with Crippen molar-refractivity contribution >= 4 is 27.7 Å². The summed E-state index contributed by atoms with van der Waals surface area (Å²) in [5, 5.41) is 0.332. The molecule has 0 fully saturated rings. The molecule has 1 aromatic rings. The molecule has 0 saturated carbocycles. The molecule has 4 heteroatoms. The average Bonchev–Trinajstić information content (AvgIpc) is 2.33. The molecule has 0 saturated heterocycles. The first-order chi connectivity index (χ1) is 8.08. The van der Waals surface area contributed by atoms with Gasteiger partial charge in [0.25, 0.3) is 0 Å². The molecule has 0 atom stereocenters. The summed E-state index contributed by atoms with van der Waals surface area (Å²) in [5.41, 5.74) is 2.81. The van der Waals surface area contributed by atoms with E-state index in [1.54, 1.807) is 0 Å². The molecule has 0 spiro atoms. The van der Waals surface area contributed by atoms with E-state index in [-0.39, 0.29) is 18.2 Å². The lowest BCUT2D eigenvalue weighted by Crippen LogP contribution is -2.11. The van der Waals surface area contributed by atoms with Gasteiger partial charge >= 0.3 is 5.97 Å². The molecule has 0 amide bonds. The molecule has 0 N–H and O–H groups in total. The van der Waals surface area contributed by atoms with Crippen LogP contribution in [0.4, 0.5) is 0 Å². The van der Waals surface area contributed by atoms with Crippen LogP contribution in [0.15, 0.2) is 18.2 Å². The highest BCUT2D eigenvalue weighted by Crippen LogP contribution is 2.16. The van der Waals surface area contributed by atoms with Gasteiger partial charge in [-0.3, -0.25) is 9.59 Å². The Morgan fingerprint density at radius 1 is 1.29 bits per heavy atom. The SMILES string of the molecule is COC(=O)Cc1c(C)cccc1CC(=O)CBr. The minimum atomic E-state index is -0.285. The number of alkyl halides is 1. The average molecular weight is 299 g/mol. The first kappa shape index (κ1) is 13.9. The van der Waals surface area contributed by atoms with Crippen LogP contribution in [0.2, 0.25) is 0 Å². The van der Waals surface area contributed by atoms with E-state index in [0.717, 1.165) is 16.7 Å². The zero-order chi connectivity index (χ0) is 12.8. The van der Waals surface area contributed by atoms with Crippen LogP contribution in [-0.2, 0) is 27.2 Å². The van der Waals surface area contributed by atoms with Gasteiger partial charge < -0.3 is 4.74 Å². The number of rotatable bonds is 5. The molecular weight excluding hydrogens is 284 g/mol. The van der Waals surface area contributed by atoms with Crippen LogP contribution in [0, 0.1) is 6.92 Å². The molecule has 0 aromatic heterocycles. The van der Waals surface area contributed by atoms with Gasteiger partial charge in [-0.15, -0.1) is 0 Å². The predicted octanol–water partition coefficient (Wildman–Crippen LogP) is 2.22. The fraction of sp³-hybridized carbons (Fsp3) is 0.385. The Bertz CT molecular complexity index is 427. The number of esters is 1. The summed E-state index contributed by atoms with van der Waals surface area (Å²) in [5.74, 6) is -0.187. The first-order valence-corrected chi connectivity index (χ1v) is 6.42. The van der Waals surface area contributed by atoms with Crippen LogP contribution < -0.4 is 0 Å². The van der Waals surface area contributed by atoms with E-state index in [1.165, 1.54) is 7.11 Å². The van der Waals surface area contributed by atoms with Crippen molar-refractivity contribution in [3.63, 3.8) is 0 Å². The Morgan fingerprint density at radius 3 is 2.59 bits per heavy atom. The van der Waals surface area contributed by atoms with E-state index in [9.17, 15) is 9.59 Å². The monoisotopic (exact) mass is 298 g/mol. The normalized spacial score (nSPS) is 10.1. The number of ether oxygens (including phenoxy) is 1. The fourth-order valence-corrected chi connectivity index (χ4v) is 1.86. The fourth-order valence-electron chi connectivity index (χ4n) is 1.66. The van der Waals surface area contributed by atoms with E-state index in [2.05, 4.69) is 20.7 Å². The number of carbonyl (C=O) groups excluding carboxylic acids is 2. The summed E-state index contributed by atoms with van der Waals surface area (Å²) in [7, 11) is 1.36. The molecule has 1 aromatic carbocycles. The zero-order valence-electron chi connectivity index (χ0n) is 9.96. The Balaban J connectivity index is 2.99. The number of ketones is 1. The minimum absolute atomic E-state index is 0.0988. The number of carbonyl (C=O) groups is 2. The van der Waals surface area contributed by atoms with Gasteiger partial charge in [0.05, 0.1) is 18.9 Å². The van der Waals surface area contributed by atoms with Crippen LogP contribution in [0.25, 0.3) is 0 Å². The molecule has 0 bridgehead atoms. The molecule has 1 rings (SSSR count). The highest BCUT2D eigenvalue weighted by atomic mass is 79.9. The summed E-state index contributed by atoms with van der Waals surface area (Å²) >= 11 is 3.14. The van der Waals surface area contributed by atoms with Crippen LogP contribution in [0.3, 0.4) is 0 Å². The number of hydrogen-bond donors (Lipinski definition) is 0. The number of Topliss-reactive ketones (excluding diaryl/α,β-unsaturated/α-hetero) is 1. The van der Waals surface area contributed by atoms with Crippen molar-refractivity contribution in [2.75, 3.05) is 12.4 Å². The number of hydrogen-bond acceptors (Lipinski definition) is 3. The van der Waals surface area contributed by atoms with Crippen molar-refractivity contribution in [3.8, 4) is 0 Å². The third-order valence-electron chi connectivity index (χ3n) is 2.59. The van der Waals surface area contributed by atoms with Gasteiger partial charge in [0.2, 0.25) is 0 Å². The Morgan fingerprint density at radius 2 is 2.00 bits per heavy atom. The molecule has 3 nitrogen and oxygen atoms in total. The maximum Gasteiger partial charge on any atom is 0.309 e. The predicted molar refractivity (Wildman–Crippen MR) is 69.4 cm³/mol. The number of halogens is 1. The Kier molecular flexibility index (Phi) is 5.35. The smallest absolute Gasteiger partial charge is 0.309 e. The summed E-state index contributed by atoms with van der Waals surface area (Å²) in [6.07, 6.45) is 0.563. The van der Waals surface area contributed by atoms with Gasteiger partial charge in [0.15, 0.2) is 0 Å². The van der Waals surface area contributed by atoms with Crippen LogP contribution >= 0.6 is 15.9 Å².